The van der Waals surface area contributed by atoms with E-state index in [-0.39, 0.29) is 12.2 Å². The second-order valence-corrected chi connectivity index (χ2v) is 6.22. The number of halogens is 6. The van der Waals surface area contributed by atoms with Crippen LogP contribution >= 0.6 is 23.2 Å². The number of hydrogen-bond acceptors (Lipinski definition) is 6. The smallest absolute Gasteiger partial charge is 0.428 e. The Labute approximate surface area is 159 Å². The fourth-order valence-electron chi connectivity index (χ4n) is 2.29. The monoisotopic (exact) mass is 437 g/mol. The van der Waals surface area contributed by atoms with Gasteiger partial charge in [0.15, 0.2) is 0 Å². The SMILES string of the molecule is CCN(c1c(Cl)cc(OC(F)(F)C(F)F)cc1Cl)C(C)(C[N+](=O)[O-])[N+](=O)[O-]. The molecule has 152 valence electrons. The number of hydrogen-bond donors (Lipinski definition) is 0. The van der Waals surface area contributed by atoms with Crippen LogP contribution in [0, 0.1) is 20.2 Å². The van der Waals surface area contributed by atoms with E-state index in [0.29, 0.717) is 12.1 Å². The van der Waals surface area contributed by atoms with Crippen LogP contribution in [0.25, 0.3) is 0 Å². The number of benzene rings is 1. The highest BCUT2D eigenvalue weighted by molar-refractivity contribution is 6.39. The molecule has 0 amide bonds. The normalized spacial score (nSPS) is 14.0. The standard InChI is InChI=1S/C13H13Cl2F4N3O5/c1-3-20(12(2,22(25)26)6-21(23)24)10-8(14)4-7(5-9(10)15)27-13(18,19)11(16)17/h4-5,11H,3,6H2,1-2H3. The van der Waals surface area contributed by atoms with E-state index in [1.807, 2.05) is 0 Å². The summed E-state index contributed by atoms with van der Waals surface area (Å²) in [5, 5.41) is 21.4. The molecule has 0 aliphatic rings. The van der Waals surface area contributed by atoms with E-state index in [4.69, 9.17) is 23.2 Å². The molecule has 0 N–H and O–H groups in total. The van der Waals surface area contributed by atoms with Crippen molar-refractivity contribution in [1.82, 2.24) is 0 Å². The first kappa shape index (κ1) is 23.0. The molecule has 0 heterocycles. The summed E-state index contributed by atoms with van der Waals surface area (Å²) >= 11 is 11.9. The van der Waals surface area contributed by atoms with Crippen LogP contribution in [0.1, 0.15) is 13.8 Å². The topological polar surface area (TPSA) is 98.8 Å². The second-order valence-electron chi connectivity index (χ2n) is 5.41. The molecular weight excluding hydrogens is 425 g/mol. The van der Waals surface area contributed by atoms with E-state index >= 15 is 0 Å². The molecule has 0 bridgehead atoms. The Balaban J connectivity index is 3.43. The fraction of sp³-hybridized carbons (Fsp3) is 0.538. The van der Waals surface area contributed by atoms with Crippen LogP contribution in [0.15, 0.2) is 12.1 Å². The van der Waals surface area contributed by atoms with E-state index < -0.39 is 50.4 Å². The minimum absolute atomic E-state index is 0.168. The summed E-state index contributed by atoms with van der Waals surface area (Å²) in [7, 11) is 0. The summed E-state index contributed by atoms with van der Waals surface area (Å²) in [4.78, 5) is 21.4. The summed E-state index contributed by atoms with van der Waals surface area (Å²) in [6.45, 7) is 1.09. The highest BCUT2D eigenvalue weighted by Crippen LogP contribution is 2.42. The number of anilines is 1. The maximum atomic E-state index is 13.0. The predicted octanol–water partition coefficient (Wildman–Crippen LogP) is 4.33. The van der Waals surface area contributed by atoms with Gasteiger partial charge in [-0.3, -0.25) is 25.1 Å². The lowest BCUT2D eigenvalue weighted by molar-refractivity contribution is -0.622. The van der Waals surface area contributed by atoms with E-state index in [1.165, 1.54) is 6.92 Å². The van der Waals surface area contributed by atoms with Crippen molar-refractivity contribution in [3.8, 4) is 5.75 Å². The van der Waals surface area contributed by atoms with Crippen LogP contribution in [0.2, 0.25) is 10.0 Å². The van der Waals surface area contributed by atoms with Gasteiger partial charge in [-0.25, -0.2) is 0 Å². The molecule has 0 saturated carbocycles. The highest BCUT2D eigenvalue weighted by atomic mass is 35.5. The second kappa shape index (κ2) is 8.30. The molecule has 1 unspecified atom stereocenters. The van der Waals surface area contributed by atoms with Crippen LogP contribution in [-0.4, -0.2) is 41.1 Å². The Morgan fingerprint density at radius 1 is 1.22 bits per heavy atom. The largest absolute Gasteiger partial charge is 0.461 e. The van der Waals surface area contributed by atoms with Crippen molar-refractivity contribution in [3.63, 3.8) is 0 Å². The third kappa shape index (κ3) is 5.01. The van der Waals surface area contributed by atoms with Crippen molar-refractivity contribution in [3.05, 3.63) is 42.4 Å². The summed E-state index contributed by atoms with van der Waals surface area (Å²) in [5.74, 6) is -0.813. The van der Waals surface area contributed by atoms with E-state index in [1.54, 1.807) is 0 Å². The van der Waals surface area contributed by atoms with Gasteiger partial charge in [0, 0.05) is 30.5 Å². The minimum Gasteiger partial charge on any atom is -0.428 e. The Morgan fingerprint density at radius 3 is 2.04 bits per heavy atom. The van der Waals surface area contributed by atoms with Crippen molar-refractivity contribution in [2.24, 2.45) is 0 Å². The number of ether oxygens (including phenoxy) is 1. The third-order valence-electron chi connectivity index (χ3n) is 3.49. The lowest BCUT2D eigenvalue weighted by atomic mass is 10.1. The van der Waals surface area contributed by atoms with Crippen molar-refractivity contribution in [2.75, 3.05) is 18.0 Å². The van der Waals surface area contributed by atoms with Gasteiger partial charge < -0.3 is 4.74 Å². The van der Waals surface area contributed by atoms with Crippen LogP contribution in [0.4, 0.5) is 23.2 Å². The zero-order valence-corrected chi connectivity index (χ0v) is 15.3. The van der Waals surface area contributed by atoms with E-state index in [0.717, 1.165) is 11.8 Å². The van der Waals surface area contributed by atoms with Crippen molar-refractivity contribution in [1.29, 1.82) is 0 Å². The van der Waals surface area contributed by atoms with E-state index in [2.05, 4.69) is 4.74 Å². The highest BCUT2D eigenvalue weighted by Gasteiger charge is 2.50. The number of nitrogens with zero attached hydrogens (tertiary/aromatic N) is 3. The molecule has 14 heteroatoms. The molecule has 0 aliphatic carbocycles. The summed E-state index contributed by atoms with van der Waals surface area (Å²) < 4.78 is 54.4. The van der Waals surface area contributed by atoms with Gasteiger partial charge in [0.1, 0.15) is 5.75 Å². The predicted molar refractivity (Wildman–Crippen MR) is 88.3 cm³/mol. The fourth-order valence-corrected chi connectivity index (χ4v) is 2.96. The quantitative estimate of drug-likeness (QED) is 0.247. The lowest BCUT2D eigenvalue weighted by Crippen LogP contribution is -2.57. The zero-order chi connectivity index (χ0) is 21.2. The maximum Gasteiger partial charge on any atom is 0.461 e. The zero-order valence-electron chi connectivity index (χ0n) is 13.8. The molecule has 0 aromatic heterocycles. The van der Waals surface area contributed by atoms with Gasteiger partial charge in [-0.2, -0.15) is 17.6 Å². The van der Waals surface area contributed by atoms with Crippen LogP contribution in [0.3, 0.4) is 0 Å². The van der Waals surface area contributed by atoms with Gasteiger partial charge >= 0.3 is 18.2 Å². The molecule has 0 spiro atoms. The van der Waals surface area contributed by atoms with E-state index in [9.17, 15) is 37.8 Å². The van der Waals surface area contributed by atoms with Crippen molar-refractivity contribution in [2.45, 2.75) is 32.0 Å². The molecule has 1 aromatic rings. The molecule has 1 rings (SSSR count). The van der Waals surface area contributed by atoms with Crippen LogP contribution in [0.5, 0.6) is 5.75 Å². The van der Waals surface area contributed by atoms with Crippen LogP contribution < -0.4 is 9.64 Å². The Bertz CT molecular complexity index is 717. The molecule has 0 saturated heterocycles. The average Bonchev–Trinajstić information content (AvgIpc) is 2.49. The molecule has 27 heavy (non-hydrogen) atoms. The Morgan fingerprint density at radius 2 is 1.70 bits per heavy atom. The summed E-state index contributed by atoms with van der Waals surface area (Å²) in [5.41, 5.74) is -2.55. The third-order valence-corrected chi connectivity index (χ3v) is 4.06. The van der Waals surface area contributed by atoms with Crippen molar-refractivity contribution >= 4 is 28.9 Å². The lowest BCUT2D eigenvalue weighted by Gasteiger charge is -2.33. The molecule has 1 atom stereocenters. The van der Waals surface area contributed by atoms with Gasteiger partial charge in [-0.05, 0) is 6.92 Å². The van der Waals surface area contributed by atoms with Crippen LogP contribution in [-0.2, 0) is 0 Å². The summed E-state index contributed by atoms with van der Waals surface area (Å²) in [6.07, 6.45) is -8.95. The molecular formula is C13H13Cl2F4N3O5. The number of likely N-dealkylation sites (N-methyl/N-ethyl adjacent to an activating group) is 1. The van der Waals surface area contributed by atoms with Gasteiger partial charge in [-0.15, -0.1) is 0 Å². The summed E-state index contributed by atoms with van der Waals surface area (Å²) in [6, 6.07) is 1.41. The number of nitro groups is 2. The first-order valence-electron chi connectivity index (χ1n) is 7.14. The molecule has 0 aliphatic heterocycles. The van der Waals surface area contributed by atoms with Gasteiger partial charge in [0.2, 0.25) is 0 Å². The molecule has 8 nitrogen and oxygen atoms in total. The first-order chi connectivity index (χ1) is 12.3. The Kier molecular flexibility index (Phi) is 7.05. The first-order valence-corrected chi connectivity index (χ1v) is 7.89. The molecule has 0 fully saturated rings. The minimum atomic E-state index is -4.82. The molecule has 1 aromatic carbocycles. The van der Waals surface area contributed by atoms with Gasteiger partial charge in [0.25, 0.3) is 6.54 Å². The maximum absolute atomic E-state index is 13.0. The number of alkyl halides is 4. The van der Waals surface area contributed by atoms with Gasteiger partial charge in [0.05, 0.1) is 20.7 Å². The Hall–Kier alpha value is -2.08. The number of rotatable bonds is 9. The molecule has 0 radical (unpaired) electrons. The van der Waals surface area contributed by atoms with Crippen molar-refractivity contribution < 1.29 is 32.1 Å². The van der Waals surface area contributed by atoms with Gasteiger partial charge in [-0.1, -0.05) is 23.2 Å². The average molecular weight is 438 g/mol.